The predicted octanol–water partition coefficient (Wildman–Crippen LogP) is 6.35. The topological polar surface area (TPSA) is 126 Å². The first kappa shape index (κ1) is 35.7. The van der Waals surface area contributed by atoms with Gasteiger partial charge in [0.1, 0.15) is 23.7 Å². The number of terminal acetylenes is 1. The second-order valence-electron chi connectivity index (χ2n) is 10.2. The Morgan fingerprint density at radius 2 is 1.30 bits per heavy atom. The lowest BCUT2D eigenvalue weighted by Crippen LogP contribution is -2.31. The fraction of sp³-hybridized carbons (Fsp3) is 0.243. The normalized spacial score (nSPS) is 11.9. The van der Waals surface area contributed by atoms with Crippen LogP contribution in [0.4, 0.5) is 0 Å². The quantitative estimate of drug-likeness (QED) is 0.0597. The molecule has 0 spiro atoms. The summed E-state index contributed by atoms with van der Waals surface area (Å²) in [6.07, 6.45) is 14.3. The average Bonchev–Trinajstić information content (AvgIpc) is 3.07. The van der Waals surface area contributed by atoms with Crippen molar-refractivity contribution in [2.24, 2.45) is 11.5 Å². The molecule has 1 unspecified atom stereocenters. The maximum atomic E-state index is 13.2. The van der Waals surface area contributed by atoms with E-state index in [1.807, 2.05) is 73.7 Å². The number of halogens is 1. The fourth-order valence-electron chi connectivity index (χ4n) is 4.46. The lowest BCUT2D eigenvalue weighted by molar-refractivity contribution is 0.0544. The summed E-state index contributed by atoms with van der Waals surface area (Å²) >= 11 is 6.37. The van der Waals surface area contributed by atoms with Crippen LogP contribution >= 0.6 is 11.6 Å². The molecule has 0 bridgehead atoms. The number of rotatable bonds is 15. The van der Waals surface area contributed by atoms with E-state index in [0.29, 0.717) is 66.8 Å². The predicted molar refractivity (Wildman–Crippen MR) is 186 cm³/mol. The molecule has 9 heteroatoms. The van der Waals surface area contributed by atoms with Crippen molar-refractivity contribution in [1.29, 1.82) is 0 Å². The van der Waals surface area contributed by atoms with Crippen molar-refractivity contribution in [2.75, 3.05) is 32.9 Å². The minimum absolute atomic E-state index is 0.0433. The Kier molecular flexibility index (Phi) is 14.6. The minimum Gasteiger partial charge on any atom is -0.493 e. The number of amides is 1. The molecular weight excluding hydrogens is 602 g/mol. The monoisotopic (exact) mass is 641 g/mol. The third-order valence-corrected chi connectivity index (χ3v) is 7.05. The molecule has 0 radical (unpaired) electrons. The van der Waals surface area contributed by atoms with Gasteiger partial charge in [-0.3, -0.25) is 4.79 Å². The molecule has 0 aliphatic heterocycles. The number of benzene rings is 4. The summed E-state index contributed by atoms with van der Waals surface area (Å²) in [6, 6.07) is 22.4. The number of nitrogens with one attached hydrogen (secondary N) is 1. The fourth-order valence-corrected chi connectivity index (χ4v) is 4.59. The highest BCUT2D eigenvalue weighted by Crippen LogP contribution is 2.28. The smallest absolute Gasteiger partial charge is 0.342 e. The van der Waals surface area contributed by atoms with Crippen LogP contribution in [-0.2, 0) is 4.74 Å². The molecule has 5 N–H and O–H groups in total. The van der Waals surface area contributed by atoms with Gasteiger partial charge in [0.25, 0.3) is 5.91 Å². The van der Waals surface area contributed by atoms with Gasteiger partial charge < -0.3 is 31.0 Å². The molecule has 4 aromatic rings. The molecule has 1 amide bonds. The summed E-state index contributed by atoms with van der Waals surface area (Å²) in [4.78, 5) is 26.2. The molecule has 46 heavy (non-hydrogen) atoms. The van der Waals surface area contributed by atoms with Gasteiger partial charge >= 0.3 is 5.97 Å². The van der Waals surface area contributed by atoms with Crippen molar-refractivity contribution in [1.82, 2.24) is 5.32 Å². The van der Waals surface area contributed by atoms with Crippen molar-refractivity contribution < 1.29 is 23.8 Å². The van der Waals surface area contributed by atoms with Crippen LogP contribution in [0.2, 0.25) is 0 Å². The van der Waals surface area contributed by atoms with Crippen LogP contribution in [0.1, 0.15) is 40.5 Å². The Morgan fingerprint density at radius 3 is 1.83 bits per heavy atom. The minimum atomic E-state index is -0.524. The zero-order valence-corrected chi connectivity index (χ0v) is 26.7. The van der Waals surface area contributed by atoms with E-state index in [2.05, 4.69) is 18.2 Å². The van der Waals surface area contributed by atoms with Gasteiger partial charge in [0.05, 0.1) is 18.8 Å². The van der Waals surface area contributed by atoms with Gasteiger partial charge in [0, 0.05) is 11.1 Å². The van der Waals surface area contributed by atoms with Crippen molar-refractivity contribution in [3.8, 4) is 24.3 Å². The van der Waals surface area contributed by atoms with Crippen molar-refractivity contribution in [2.45, 2.75) is 25.8 Å². The molecule has 8 nitrogen and oxygen atoms in total. The highest BCUT2D eigenvalue weighted by Gasteiger charge is 2.17. The van der Waals surface area contributed by atoms with Crippen molar-refractivity contribution in [3.63, 3.8) is 0 Å². The van der Waals surface area contributed by atoms with Gasteiger partial charge in [-0.25, -0.2) is 4.79 Å². The molecule has 0 aliphatic carbocycles. The number of nitrogens with two attached hydrogens (primary N) is 2. The van der Waals surface area contributed by atoms with E-state index in [9.17, 15) is 9.59 Å². The Hall–Kier alpha value is -4.81. The van der Waals surface area contributed by atoms with Gasteiger partial charge in [-0.2, -0.15) is 0 Å². The highest BCUT2D eigenvalue weighted by molar-refractivity contribution is 6.31. The summed E-state index contributed by atoms with van der Waals surface area (Å²) in [5.41, 5.74) is 12.0. The van der Waals surface area contributed by atoms with Gasteiger partial charge in [0.15, 0.2) is 0 Å². The molecule has 0 fully saturated rings. The number of esters is 1. The number of carbonyl (C=O) groups excluding carboxylic acids is 2. The lowest BCUT2D eigenvalue weighted by Gasteiger charge is -2.15. The maximum absolute atomic E-state index is 13.2. The van der Waals surface area contributed by atoms with E-state index in [1.54, 1.807) is 24.3 Å². The summed E-state index contributed by atoms with van der Waals surface area (Å²) < 4.78 is 17.2. The van der Waals surface area contributed by atoms with Crippen molar-refractivity contribution in [3.05, 3.63) is 107 Å². The van der Waals surface area contributed by atoms with E-state index in [1.165, 1.54) is 0 Å². The second kappa shape index (κ2) is 18.9. The van der Waals surface area contributed by atoms with Crippen LogP contribution in [0.15, 0.2) is 96.1 Å². The third-order valence-electron chi connectivity index (χ3n) is 6.77. The van der Waals surface area contributed by atoms with E-state index in [4.69, 9.17) is 37.3 Å². The Morgan fingerprint density at radius 1 is 0.826 bits per heavy atom. The number of carbonyl (C=O) groups is 2. The van der Waals surface area contributed by atoms with E-state index >= 15 is 0 Å². The van der Waals surface area contributed by atoms with Crippen LogP contribution < -0.4 is 26.3 Å². The van der Waals surface area contributed by atoms with Gasteiger partial charge in [-0.1, -0.05) is 66.2 Å². The zero-order chi connectivity index (χ0) is 33.3. The Labute approximate surface area is 275 Å². The Balaban J connectivity index is 0.00000282. The summed E-state index contributed by atoms with van der Waals surface area (Å²) in [6.45, 7) is 3.58. The van der Waals surface area contributed by atoms with Gasteiger partial charge in [-0.05, 0) is 90.8 Å². The number of ether oxygens (including phenoxy) is 3. The molecule has 0 saturated carbocycles. The first-order chi connectivity index (χ1) is 22.4. The highest BCUT2D eigenvalue weighted by atomic mass is 35.5. The molecule has 0 aliphatic rings. The number of allylic oxidation sites excluding steroid dienone is 2. The summed E-state index contributed by atoms with van der Waals surface area (Å²) in [5, 5.41) is 7.09. The van der Waals surface area contributed by atoms with E-state index < -0.39 is 5.97 Å². The molecule has 4 aromatic carbocycles. The Bertz CT molecular complexity index is 1700. The molecule has 0 heterocycles. The average molecular weight is 642 g/mol. The first-order valence-corrected chi connectivity index (χ1v) is 15.3. The third kappa shape index (κ3) is 10.4. The first-order valence-electron chi connectivity index (χ1n) is 15.0. The van der Waals surface area contributed by atoms with E-state index in [0.717, 1.165) is 21.5 Å². The largest absolute Gasteiger partial charge is 0.493 e. The SMILES string of the molecule is C#C.CC(/C=C\C(Cl)=C/COC(=O)c1cc2ccccc2cc1OCCCN)NC(=O)c1cc2ccccc2cc1OCCCN. The second-order valence-corrected chi connectivity index (χ2v) is 10.6. The molecule has 4 rings (SSSR count). The summed E-state index contributed by atoms with van der Waals surface area (Å²) in [7, 11) is 0. The molecule has 240 valence electrons. The molecule has 0 aromatic heterocycles. The number of hydrogen-bond donors (Lipinski definition) is 3. The van der Waals surface area contributed by atoms with E-state index in [-0.39, 0.29) is 18.6 Å². The van der Waals surface area contributed by atoms with Crippen LogP contribution in [-0.4, -0.2) is 50.8 Å². The van der Waals surface area contributed by atoms with Gasteiger partial charge in [0.2, 0.25) is 0 Å². The summed E-state index contributed by atoms with van der Waals surface area (Å²) in [5.74, 6) is 0.152. The van der Waals surface area contributed by atoms with Gasteiger partial charge in [-0.15, -0.1) is 12.8 Å². The standard InChI is InChI=1S/C35H38ClN3O5.C2H2/c1-24(39-34(40)30-20-25-8-2-4-10-27(25)22-32(30)42-17-6-15-37)12-13-29(36)14-19-44-35(41)31-21-26-9-3-5-11-28(26)23-33(31)43-18-7-16-38;1-2/h2-5,8-14,20-24H,6-7,15-19,37-38H2,1H3,(H,39,40);1-2H/b13-12-,29-14+;. The zero-order valence-electron chi connectivity index (χ0n) is 25.9. The van der Waals surface area contributed by atoms with Crippen LogP contribution in [0, 0.1) is 12.8 Å². The van der Waals surface area contributed by atoms with Crippen molar-refractivity contribution >= 4 is 45.0 Å². The molecule has 0 saturated heterocycles. The number of fused-ring (bicyclic) bond motifs is 2. The van der Waals surface area contributed by atoms with Crippen LogP contribution in [0.3, 0.4) is 0 Å². The lowest BCUT2D eigenvalue weighted by atomic mass is 10.0. The number of hydrogen-bond acceptors (Lipinski definition) is 7. The van der Waals surface area contributed by atoms with Crippen LogP contribution in [0.5, 0.6) is 11.5 Å². The van der Waals surface area contributed by atoms with Crippen LogP contribution in [0.25, 0.3) is 21.5 Å². The molecule has 1 atom stereocenters. The maximum Gasteiger partial charge on any atom is 0.342 e. The molecular formula is C37H40ClN3O5.